The van der Waals surface area contributed by atoms with Crippen molar-refractivity contribution in [3.8, 4) is 11.3 Å². The van der Waals surface area contributed by atoms with Crippen molar-refractivity contribution < 1.29 is 8.42 Å². The van der Waals surface area contributed by atoms with Gasteiger partial charge < -0.3 is 5.32 Å². The van der Waals surface area contributed by atoms with Crippen molar-refractivity contribution in [1.29, 1.82) is 0 Å². The average molecular weight is 385 g/mol. The second-order valence-electron chi connectivity index (χ2n) is 7.40. The van der Waals surface area contributed by atoms with E-state index in [2.05, 4.69) is 15.4 Å². The maximum absolute atomic E-state index is 12.5. The number of benzene rings is 1. The Balaban J connectivity index is 1.77. The van der Waals surface area contributed by atoms with Crippen molar-refractivity contribution in [3.05, 3.63) is 60.4 Å². The third kappa shape index (κ3) is 4.03. The molecule has 0 bridgehead atoms. The quantitative estimate of drug-likeness (QED) is 0.726. The Hall–Kier alpha value is -2.67. The lowest BCUT2D eigenvalue weighted by molar-refractivity contribution is 0.556. The number of pyridine rings is 1. The molecule has 2 aromatic heterocycles. The third-order valence-corrected chi connectivity index (χ3v) is 6.66. The Morgan fingerprint density at radius 3 is 2.37 bits per heavy atom. The van der Waals surface area contributed by atoms with Gasteiger partial charge in [0, 0.05) is 30.9 Å². The SMILES string of the molecule is Cn1cc(CNc2ccc(S(=O)(=O)C(C)(C)C)nc2)c(-c2ccccc2)n1. The zero-order valence-electron chi connectivity index (χ0n) is 16.0. The molecule has 0 aliphatic heterocycles. The van der Waals surface area contributed by atoms with Crippen LogP contribution in [-0.2, 0) is 23.4 Å². The fourth-order valence-corrected chi connectivity index (χ4v) is 3.73. The minimum atomic E-state index is -3.45. The standard InChI is InChI=1S/C20H24N4O2S/c1-20(2,3)27(25,26)18-11-10-17(13-22-18)21-12-16-14-24(4)23-19(16)15-8-6-5-7-9-15/h5-11,13-14,21H,12H2,1-4H3. The molecule has 27 heavy (non-hydrogen) atoms. The van der Waals surface area contributed by atoms with Crippen LogP contribution >= 0.6 is 0 Å². The fourth-order valence-electron chi connectivity index (χ4n) is 2.66. The van der Waals surface area contributed by atoms with Gasteiger partial charge >= 0.3 is 0 Å². The van der Waals surface area contributed by atoms with Crippen LogP contribution in [0.4, 0.5) is 5.69 Å². The first kappa shape index (κ1) is 19.1. The monoisotopic (exact) mass is 384 g/mol. The molecule has 1 aromatic carbocycles. The molecule has 0 atom stereocenters. The molecule has 0 saturated carbocycles. The first-order chi connectivity index (χ1) is 12.7. The van der Waals surface area contributed by atoms with Crippen molar-refractivity contribution in [3.63, 3.8) is 0 Å². The summed E-state index contributed by atoms with van der Waals surface area (Å²) < 4.78 is 25.8. The number of rotatable bonds is 5. The van der Waals surface area contributed by atoms with Gasteiger partial charge in [0.05, 0.1) is 22.3 Å². The first-order valence-electron chi connectivity index (χ1n) is 8.71. The van der Waals surface area contributed by atoms with Crippen molar-refractivity contribution in [1.82, 2.24) is 14.8 Å². The summed E-state index contributed by atoms with van der Waals surface area (Å²) in [7, 11) is -1.56. The van der Waals surface area contributed by atoms with Crippen molar-refractivity contribution in [2.45, 2.75) is 37.1 Å². The predicted octanol–water partition coefficient (Wildman–Crippen LogP) is 3.67. The highest BCUT2D eigenvalue weighted by Crippen LogP contribution is 2.25. The van der Waals surface area contributed by atoms with E-state index >= 15 is 0 Å². The fraction of sp³-hybridized carbons (Fsp3) is 0.300. The Kier molecular flexibility index (Phi) is 5.06. The zero-order valence-corrected chi connectivity index (χ0v) is 16.8. The number of nitrogens with zero attached hydrogens (tertiary/aromatic N) is 3. The molecule has 3 aromatic rings. The van der Waals surface area contributed by atoms with E-state index in [-0.39, 0.29) is 5.03 Å². The predicted molar refractivity (Wildman–Crippen MR) is 107 cm³/mol. The van der Waals surface area contributed by atoms with Gasteiger partial charge in [-0.2, -0.15) is 5.10 Å². The summed E-state index contributed by atoms with van der Waals surface area (Å²) in [4.78, 5) is 4.14. The number of aromatic nitrogens is 3. The van der Waals surface area contributed by atoms with E-state index < -0.39 is 14.6 Å². The largest absolute Gasteiger partial charge is 0.380 e. The molecular formula is C20H24N4O2S. The number of anilines is 1. The Bertz CT molecular complexity index is 1020. The van der Waals surface area contributed by atoms with Crippen LogP contribution in [0.5, 0.6) is 0 Å². The Morgan fingerprint density at radius 1 is 1.07 bits per heavy atom. The molecule has 2 heterocycles. The van der Waals surface area contributed by atoms with Crippen LogP contribution in [0.2, 0.25) is 0 Å². The van der Waals surface area contributed by atoms with Gasteiger partial charge in [-0.1, -0.05) is 30.3 Å². The minimum absolute atomic E-state index is 0.0897. The lowest BCUT2D eigenvalue weighted by Gasteiger charge is -2.18. The van der Waals surface area contributed by atoms with E-state index in [0.717, 1.165) is 22.5 Å². The highest BCUT2D eigenvalue weighted by Gasteiger charge is 2.31. The lowest BCUT2D eigenvalue weighted by atomic mass is 10.1. The van der Waals surface area contributed by atoms with E-state index in [0.29, 0.717) is 6.54 Å². The number of sulfone groups is 1. The third-order valence-electron chi connectivity index (χ3n) is 4.25. The van der Waals surface area contributed by atoms with E-state index in [1.54, 1.807) is 43.8 Å². The summed E-state index contributed by atoms with van der Waals surface area (Å²) in [5, 5.41) is 7.93. The maximum atomic E-state index is 12.5. The van der Waals surface area contributed by atoms with Gasteiger partial charge in [-0.15, -0.1) is 0 Å². The Morgan fingerprint density at radius 2 is 1.78 bits per heavy atom. The van der Waals surface area contributed by atoms with E-state index in [1.165, 1.54) is 0 Å². The molecule has 0 radical (unpaired) electrons. The summed E-state index contributed by atoms with van der Waals surface area (Å²) in [5.74, 6) is 0. The van der Waals surface area contributed by atoms with Gasteiger partial charge in [0.25, 0.3) is 0 Å². The highest BCUT2D eigenvalue weighted by atomic mass is 32.2. The van der Waals surface area contributed by atoms with Gasteiger partial charge in [-0.05, 0) is 32.9 Å². The smallest absolute Gasteiger partial charge is 0.200 e. The van der Waals surface area contributed by atoms with Gasteiger partial charge in [0.1, 0.15) is 0 Å². The molecule has 142 valence electrons. The van der Waals surface area contributed by atoms with Gasteiger partial charge in [0.2, 0.25) is 0 Å². The van der Waals surface area contributed by atoms with E-state index in [4.69, 9.17) is 0 Å². The number of hydrogen-bond donors (Lipinski definition) is 1. The van der Waals surface area contributed by atoms with Crippen LogP contribution in [-0.4, -0.2) is 27.9 Å². The Labute approximate surface area is 160 Å². The van der Waals surface area contributed by atoms with Crippen molar-refractivity contribution in [2.24, 2.45) is 7.05 Å². The van der Waals surface area contributed by atoms with Crippen molar-refractivity contribution >= 4 is 15.5 Å². The molecule has 0 unspecified atom stereocenters. The summed E-state index contributed by atoms with van der Waals surface area (Å²) >= 11 is 0. The normalized spacial score (nSPS) is 12.1. The second-order valence-corrected chi connectivity index (χ2v) is 10.0. The lowest BCUT2D eigenvalue weighted by Crippen LogP contribution is -2.28. The molecule has 0 aliphatic rings. The molecule has 0 amide bonds. The van der Waals surface area contributed by atoms with Crippen LogP contribution in [0.1, 0.15) is 26.3 Å². The van der Waals surface area contributed by atoms with Crippen LogP contribution in [0, 0.1) is 0 Å². The summed E-state index contributed by atoms with van der Waals surface area (Å²) in [5.41, 5.74) is 3.78. The van der Waals surface area contributed by atoms with Crippen molar-refractivity contribution in [2.75, 3.05) is 5.32 Å². The second kappa shape index (κ2) is 7.15. The molecule has 3 rings (SSSR count). The molecular weight excluding hydrogens is 360 g/mol. The molecule has 0 fully saturated rings. The molecule has 7 heteroatoms. The van der Waals surface area contributed by atoms with Gasteiger partial charge in [0.15, 0.2) is 14.9 Å². The topological polar surface area (TPSA) is 76.9 Å². The summed E-state index contributed by atoms with van der Waals surface area (Å²) in [6.07, 6.45) is 3.53. The molecule has 1 N–H and O–H groups in total. The first-order valence-corrected chi connectivity index (χ1v) is 10.2. The number of nitrogens with one attached hydrogen (secondary N) is 1. The molecule has 0 aliphatic carbocycles. The highest BCUT2D eigenvalue weighted by molar-refractivity contribution is 7.92. The zero-order chi connectivity index (χ0) is 19.7. The van der Waals surface area contributed by atoms with Crippen LogP contribution in [0.25, 0.3) is 11.3 Å². The maximum Gasteiger partial charge on any atom is 0.200 e. The number of hydrogen-bond acceptors (Lipinski definition) is 5. The molecule has 0 spiro atoms. The average Bonchev–Trinajstić information content (AvgIpc) is 3.01. The van der Waals surface area contributed by atoms with Crippen LogP contribution in [0.15, 0.2) is 59.9 Å². The van der Waals surface area contributed by atoms with Crippen LogP contribution in [0.3, 0.4) is 0 Å². The van der Waals surface area contributed by atoms with E-state index in [1.807, 2.05) is 43.6 Å². The minimum Gasteiger partial charge on any atom is -0.380 e. The summed E-state index contributed by atoms with van der Waals surface area (Å²) in [6.45, 7) is 5.57. The van der Waals surface area contributed by atoms with E-state index in [9.17, 15) is 8.42 Å². The summed E-state index contributed by atoms with van der Waals surface area (Å²) in [6, 6.07) is 13.3. The van der Waals surface area contributed by atoms with Gasteiger partial charge in [-0.25, -0.2) is 13.4 Å². The number of aryl methyl sites for hydroxylation is 1. The van der Waals surface area contributed by atoms with Gasteiger partial charge in [-0.3, -0.25) is 4.68 Å². The molecule has 0 saturated heterocycles. The van der Waals surface area contributed by atoms with Crippen LogP contribution < -0.4 is 5.32 Å². The molecule has 6 nitrogen and oxygen atoms in total.